The van der Waals surface area contributed by atoms with Gasteiger partial charge in [0.25, 0.3) is 0 Å². The van der Waals surface area contributed by atoms with Gasteiger partial charge < -0.3 is 10.7 Å². The van der Waals surface area contributed by atoms with E-state index in [-0.39, 0.29) is 0 Å². The maximum atomic E-state index is 5.93. The van der Waals surface area contributed by atoms with Crippen molar-refractivity contribution in [1.82, 2.24) is 9.97 Å². The van der Waals surface area contributed by atoms with Crippen molar-refractivity contribution in [2.75, 3.05) is 5.73 Å². The first-order valence-corrected chi connectivity index (χ1v) is 5.18. The number of aryl methyl sites for hydroxylation is 1. The Morgan fingerprint density at radius 2 is 2.27 bits per heavy atom. The van der Waals surface area contributed by atoms with Crippen LogP contribution in [0, 0.1) is 0 Å². The van der Waals surface area contributed by atoms with Gasteiger partial charge in [-0.1, -0.05) is 30.7 Å². The largest absolute Gasteiger partial charge is 0.369 e. The van der Waals surface area contributed by atoms with Crippen molar-refractivity contribution >= 4 is 17.5 Å². The summed E-state index contributed by atoms with van der Waals surface area (Å²) >= 11 is 5.93. The quantitative estimate of drug-likeness (QED) is 0.820. The Hall–Kier alpha value is -1.48. The lowest BCUT2D eigenvalue weighted by Crippen LogP contribution is -1.86. The van der Waals surface area contributed by atoms with Crippen LogP contribution >= 0.6 is 11.6 Å². The molecule has 0 saturated heterocycles. The Bertz CT molecular complexity index is 476. The van der Waals surface area contributed by atoms with Gasteiger partial charge in [-0.05, 0) is 18.6 Å². The summed E-state index contributed by atoms with van der Waals surface area (Å²) in [5.74, 6) is 0.446. The van der Waals surface area contributed by atoms with Crippen molar-refractivity contribution in [2.24, 2.45) is 0 Å². The van der Waals surface area contributed by atoms with Crippen LogP contribution in [0.1, 0.15) is 12.6 Å². The van der Waals surface area contributed by atoms with E-state index in [1.807, 2.05) is 24.3 Å². The Morgan fingerprint density at radius 1 is 1.47 bits per heavy atom. The van der Waals surface area contributed by atoms with E-state index in [2.05, 4.69) is 16.9 Å². The van der Waals surface area contributed by atoms with Gasteiger partial charge in [0.1, 0.15) is 0 Å². The van der Waals surface area contributed by atoms with Crippen molar-refractivity contribution in [2.45, 2.75) is 13.3 Å². The highest BCUT2D eigenvalue weighted by Crippen LogP contribution is 2.25. The summed E-state index contributed by atoms with van der Waals surface area (Å²) in [5.41, 5.74) is 8.55. The fraction of sp³-hybridized carbons (Fsp3) is 0.182. The number of H-pyrrole nitrogens is 1. The Labute approximate surface area is 93.3 Å². The second kappa shape index (κ2) is 3.95. The lowest BCUT2D eigenvalue weighted by atomic mass is 10.1. The third-order valence-corrected chi connectivity index (χ3v) is 2.48. The lowest BCUT2D eigenvalue weighted by molar-refractivity contribution is 1.07. The van der Waals surface area contributed by atoms with Gasteiger partial charge >= 0.3 is 0 Å². The Balaban J connectivity index is 2.53. The van der Waals surface area contributed by atoms with Crippen molar-refractivity contribution in [3.63, 3.8) is 0 Å². The smallest absolute Gasteiger partial charge is 0.198 e. The first-order chi connectivity index (χ1) is 7.20. The van der Waals surface area contributed by atoms with Crippen LogP contribution in [0.2, 0.25) is 5.02 Å². The average molecular weight is 222 g/mol. The van der Waals surface area contributed by atoms with Crippen LogP contribution in [0.25, 0.3) is 11.3 Å². The highest BCUT2D eigenvalue weighted by Gasteiger charge is 2.09. The fourth-order valence-corrected chi connectivity index (χ4v) is 1.75. The van der Waals surface area contributed by atoms with Gasteiger partial charge in [-0.25, -0.2) is 4.98 Å². The lowest BCUT2D eigenvalue weighted by Gasteiger charge is -2.00. The maximum Gasteiger partial charge on any atom is 0.198 e. The number of benzene rings is 1. The molecule has 1 heterocycles. The molecule has 0 amide bonds. The van der Waals surface area contributed by atoms with E-state index in [4.69, 9.17) is 17.3 Å². The molecule has 0 aliphatic rings. The molecule has 0 atom stereocenters. The maximum absolute atomic E-state index is 5.93. The zero-order valence-electron chi connectivity index (χ0n) is 8.42. The summed E-state index contributed by atoms with van der Waals surface area (Å²) < 4.78 is 0. The van der Waals surface area contributed by atoms with Gasteiger partial charge in [0.15, 0.2) is 5.95 Å². The van der Waals surface area contributed by atoms with E-state index in [9.17, 15) is 0 Å². The van der Waals surface area contributed by atoms with Gasteiger partial charge in [-0.15, -0.1) is 0 Å². The van der Waals surface area contributed by atoms with Crippen LogP contribution < -0.4 is 5.73 Å². The van der Waals surface area contributed by atoms with Crippen molar-refractivity contribution in [1.29, 1.82) is 0 Å². The molecule has 0 radical (unpaired) electrons. The van der Waals surface area contributed by atoms with Crippen molar-refractivity contribution in [3.05, 3.63) is 35.0 Å². The van der Waals surface area contributed by atoms with Crippen LogP contribution in [0.15, 0.2) is 24.3 Å². The number of aromatic nitrogens is 2. The Morgan fingerprint density at radius 3 is 2.93 bits per heavy atom. The standard InChI is InChI=1S/C11H12ClN3/c1-2-9-10(15-11(13)14-9)7-4-3-5-8(12)6-7/h3-6H,2H2,1H3,(H3,13,14,15). The third kappa shape index (κ3) is 1.97. The molecule has 1 aromatic carbocycles. The van der Waals surface area contributed by atoms with E-state index < -0.39 is 0 Å². The monoisotopic (exact) mass is 221 g/mol. The van der Waals surface area contributed by atoms with E-state index >= 15 is 0 Å². The molecule has 0 fully saturated rings. The second-order valence-electron chi connectivity index (χ2n) is 3.31. The molecule has 4 heteroatoms. The van der Waals surface area contributed by atoms with Crippen LogP contribution in [0.5, 0.6) is 0 Å². The number of hydrogen-bond acceptors (Lipinski definition) is 2. The normalized spacial score (nSPS) is 10.5. The van der Waals surface area contributed by atoms with Gasteiger partial charge in [0, 0.05) is 16.3 Å². The number of halogens is 1. The third-order valence-electron chi connectivity index (χ3n) is 2.25. The number of aromatic amines is 1. The minimum absolute atomic E-state index is 0.446. The molecule has 0 spiro atoms. The topological polar surface area (TPSA) is 54.7 Å². The molecule has 0 saturated carbocycles. The fourth-order valence-electron chi connectivity index (χ4n) is 1.56. The van der Waals surface area contributed by atoms with E-state index in [1.165, 1.54) is 0 Å². The molecule has 0 aliphatic heterocycles. The summed E-state index contributed by atoms with van der Waals surface area (Å²) in [4.78, 5) is 7.29. The molecule has 0 aliphatic carbocycles. The van der Waals surface area contributed by atoms with Crippen molar-refractivity contribution in [3.8, 4) is 11.3 Å². The average Bonchev–Trinajstić information content (AvgIpc) is 2.59. The predicted octanol–water partition coefficient (Wildman–Crippen LogP) is 2.87. The molecule has 78 valence electrons. The summed E-state index contributed by atoms with van der Waals surface area (Å²) in [6, 6.07) is 7.60. The first-order valence-electron chi connectivity index (χ1n) is 4.81. The van der Waals surface area contributed by atoms with E-state index in [0.29, 0.717) is 11.0 Å². The molecule has 15 heavy (non-hydrogen) atoms. The predicted molar refractivity (Wildman–Crippen MR) is 62.8 cm³/mol. The van der Waals surface area contributed by atoms with Crippen LogP contribution in [-0.4, -0.2) is 9.97 Å². The number of rotatable bonds is 2. The molecule has 3 N–H and O–H groups in total. The molecular weight excluding hydrogens is 210 g/mol. The van der Waals surface area contributed by atoms with Gasteiger partial charge in [-0.2, -0.15) is 0 Å². The van der Waals surface area contributed by atoms with Crippen LogP contribution in [0.3, 0.4) is 0 Å². The number of nitrogens with zero attached hydrogens (tertiary/aromatic N) is 1. The SMILES string of the molecule is CCc1[nH]c(N)nc1-c1cccc(Cl)c1. The van der Waals surface area contributed by atoms with Crippen molar-refractivity contribution < 1.29 is 0 Å². The van der Waals surface area contributed by atoms with Gasteiger partial charge in [0.05, 0.1) is 5.69 Å². The summed E-state index contributed by atoms with van der Waals surface area (Å²) in [7, 11) is 0. The number of imidazole rings is 1. The molecule has 1 aromatic heterocycles. The molecule has 2 rings (SSSR count). The minimum Gasteiger partial charge on any atom is -0.369 e. The molecule has 0 bridgehead atoms. The number of hydrogen-bond donors (Lipinski definition) is 2. The summed E-state index contributed by atoms with van der Waals surface area (Å²) in [5, 5.41) is 0.705. The van der Waals surface area contributed by atoms with E-state index in [1.54, 1.807) is 0 Å². The van der Waals surface area contributed by atoms with Crippen LogP contribution in [-0.2, 0) is 6.42 Å². The highest BCUT2D eigenvalue weighted by molar-refractivity contribution is 6.30. The molecule has 0 unspecified atom stereocenters. The number of nitrogen functional groups attached to an aromatic ring is 1. The second-order valence-corrected chi connectivity index (χ2v) is 3.75. The molecule has 2 aromatic rings. The Kier molecular flexibility index (Phi) is 2.64. The molecular formula is C11H12ClN3. The first kappa shape index (κ1) is 10.1. The number of anilines is 1. The zero-order chi connectivity index (χ0) is 10.8. The number of nitrogens with two attached hydrogens (primary N) is 1. The zero-order valence-corrected chi connectivity index (χ0v) is 9.17. The van der Waals surface area contributed by atoms with Gasteiger partial charge in [-0.3, -0.25) is 0 Å². The van der Waals surface area contributed by atoms with Gasteiger partial charge in [0.2, 0.25) is 0 Å². The highest BCUT2D eigenvalue weighted by atomic mass is 35.5. The number of nitrogens with one attached hydrogen (secondary N) is 1. The minimum atomic E-state index is 0.446. The summed E-state index contributed by atoms with van der Waals surface area (Å²) in [6.45, 7) is 2.06. The summed E-state index contributed by atoms with van der Waals surface area (Å²) in [6.07, 6.45) is 0.867. The molecule has 3 nitrogen and oxygen atoms in total. The van der Waals surface area contributed by atoms with E-state index in [0.717, 1.165) is 23.4 Å². The van der Waals surface area contributed by atoms with Crippen LogP contribution in [0.4, 0.5) is 5.95 Å².